The number of fused-ring (bicyclic) bond motifs is 1. The largest absolute Gasteiger partial charge is 0.300 e. The summed E-state index contributed by atoms with van der Waals surface area (Å²) in [5, 5.41) is 0. The van der Waals surface area contributed by atoms with Crippen molar-refractivity contribution in [3.63, 3.8) is 0 Å². The molecule has 0 spiro atoms. The van der Waals surface area contributed by atoms with E-state index in [0.717, 1.165) is 12.0 Å². The normalized spacial score (nSPS) is 40.9. The fraction of sp³-hybridized carbons (Fsp3) is 1.00. The van der Waals surface area contributed by atoms with Gasteiger partial charge in [-0.15, -0.1) is 0 Å². The number of hydrogen-bond acceptors (Lipinski definition) is 1. The van der Waals surface area contributed by atoms with E-state index in [9.17, 15) is 0 Å². The summed E-state index contributed by atoms with van der Waals surface area (Å²) >= 11 is 0. The zero-order valence-corrected chi connectivity index (χ0v) is 6.14. The molecule has 0 radical (unpaired) electrons. The van der Waals surface area contributed by atoms with E-state index in [0.29, 0.717) is 0 Å². The van der Waals surface area contributed by atoms with Crippen LogP contribution in [0.1, 0.15) is 12.8 Å². The molecule has 0 bridgehead atoms. The summed E-state index contributed by atoms with van der Waals surface area (Å²) in [6.07, 6.45) is 4.35. The summed E-state index contributed by atoms with van der Waals surface area (Å²) in [6.45, 7) is 2.81. The first kappa shape index (κ1) is 5.78. The van der Waals surface area contributed by atoms with Crippen LogP contribution < -0.4 is 0 Å². The Bertz CT molecular complexity index is 113. The van der Waals surface area contributed by atoms with Gasteiger partial charge in [-0.1, -0.05) is 12.7 Å². The van der Waals surface area contributed by atoms with E-state index in [-0.39, 0.29) is 0 Å². The molecule has 0 saturated carbocycles. The molecule has 0 N–H and O–H groups in total. The van der Waals surface area contributed by atoms with Crippen molar-refractivity contribution in [2.75, 3.05) is 13.1 Å². The maximum Gasteiger partial charge on any atom is 0.101 e. The Kier molecular flexibility index (Phi) is 1.29. The van der Waals surface area contributed by atoms with Crippen molar-refractivity contribution in [2.24, 2.45) is 5.92 Å². The molecule has 2 fully saturated rings. The minimum atomic E-state index is 1.03. The second kappa shape index (κ2) is 2.01. The molecule has 0 aromatic heterocycles. The molecule has 50 valence electrons. The predicted octanol–water partition coefficient (Wildman–Crippen LogP) is 0.132. The molecule has 2 rings (SSSR count). The van der Waals surface area contributed by atoms with E-state index >= 15 is 0 Å². The van der Waals surface area contributed by atoms with Crippen LogP contribution in [0.4, 0.5) is 0 Å². The van der Waals surface area contributed by atoms with Crippen molar-refractivity contribution < 1.29 is 0 Å². The number of rotatable bonds is 2. The van der Waals surface area contributed by atoms with Crippen LogP contribution >= 0.6 is 0 Å². The summed E-state index contributed by atoms with van der Waals surface area (Å²) in [5.74, 6) is 1.09. The van der Waals surface area contributed by atoms with Gasteiger partial charge in [0.05, 0.1) is 0 Å². The standard InChI is InChI=1S/C7H14BN/c8-3-1-6-5-9-4-2-7(6)9/h6-7H,1-5,8H2. The van der Waals surface area contributed by atoms with E-state index in [1.807, 2.05) is 0 Å². The Morgan fingerprint density at radius 3 is 2.78 bits per heavy atom. The third-order valence-electron chi connectivity index (χ3n) is 2.85. The molecule has 2 unspecified atom stereocenters. The number of piperidine rings is 1. The smallest absolute Gasteiger partial charge is 0.101 e. The Morgan fingerprint density at radius 2 is 2.44 bits per heavy atom. The van der Waals surface area contributed by atoms with Gasteiger partial charge in [0, 0.05) is 12.6 Å². The monoisotopic (exact) mass is 123 g/mol. The lowest BCUT2D eigenvalue weighted by atomic mass is 9.75. The van der Waals surface area contributed by atoms with Crippen LogP contribution in [0, 0.1) is 5.92 Å². The lowest BCUT2D eigenvalue weighted by Gasteiger charge is -2.56. The van der Waals surface area contributed by atoms with E-state index in [4.69, 9.17) is 0 Å². The number of nitrogens with zero attached hydrogens (tertiary/aromatic N) is 1. The Balaban J connectivity index is 1.77. The molecule has 0 aromatic carbocycles. The topological polar surface area (TPSA) is 3.24 Å². The molecule has 2 aliphatic rings. The molecular formula is C7H14BN. The maximum absolute atomic E-state index is 2.60. The van der Waals surface area contributed by atoms with Gasteiger partial charge in [-0.3, -0.25) is 4.90 Å². The lowest BCUT2D eigenvalue weighted by molar-refractivity contribution is -0.0672. The van der Waals surface area contributed by atoms with E-state index in [2.05, 4.69) is 12.7 Å². The van der Waals surface area contributed by atoms with Crippen molar-refractivity contribution in [3.8, 4) is 0 Å². The van der Waals surface area contributed by atoms with Gasteiger partial charge in [0.2, 0.25) is 0 Å². The summed E-state index contributed by atoms with van der Waals surface area (Å²) in [4.78, 5) is 2.60. The van der Waals surface area contributed by atoms with E-state index in [1.165, 1.54) is 32.3 Å². The third kappa shape index (κ3) is 0.726. The van der Waals surface area contributed by atoms with Gasteiger partial charge in [0.15, 0.2) is 0 Å². The highest BCUT2D eigenvalue weighted by Crippen LogP contribution is 2.37. The van der Waals surface area contributed by atoms with Crippen LogP contribution in [0.25, 0.3) is 0 Å². The van der Waals surface area contributed by atoms with Gasteiger partial charge in [0.1, 0.15) is 7.85 Å². The summed E-state index contributed by atoms with van der Waals surface area (Å²) in [7, 11) is 2.29. The highest BCUT2D eigenvalue weighted by Gasteiger charge is 2.43. The minimum absolute atomic E-state index is 1.03. The summed E-state index contributed by atoms with van der Waals surface area (Å²) < 4.78 is 0. The van der Waals surface area contributed by atoms with Crippen molar-refractivity contribution in [3.05, 3.63) is 0 Å². The highest BCUT2D eigenvalue weighted by atomic mass is 15.3. The first-order valence-electron chi connectivity index (χ1n) is 4.16. The van der Waals surface area contributed by atoms with Gasteiger partial charge in [-0.05, 0) is 18.9 Å². The Hall–Kier alpha value is 0.0249. The third-order valence-corrected chi connectivity index (χ3v) is 2.85. The molecule has 2 heteroatoms. The number of hydrogen-bond donors (Lipinski definition) is 0. The second-order valence-electron chi connectivity index (χ2n) is 3.40. The molecule has 2 saturated heterocycles. The zero-order chi connectivity index (χ0) is 6.27. The van der Waals surface area contributed by atoms with E-state index < -0.39 is 0 Å². The Morgan fingerprint density at radius 1 is 1.56 bits per heavy atom. The average Bonchev–Trinajstić information content (AvgIpc) is 1.82. The van der Waals surface area contributed by atoms with Crippen molar-refractivity contribution in [1.29, 1.82) is 0 Å². The molecule has 0 amide bonds. The molecule has 1 nitrogen and oxygen atoms in total. The van der Waals surface area contributed by atoms with Crippen LogP contribution in [0.2, 0.25) is 6.32 Å². The maximum atomic E-state index is 2.60. The van der Waals surface area contributed by atoms with Gasteiger partial charge in [-0.2, -0.15) is 0 Å². The fourth-order valence-electron chi connectivity index (χ4n) is 2.16. The second-order valence-corrected chi connectivity index (χ2v) is 3.40. The molecular weight excluding hydrogens is 109 g/mol. The minimum Gasteiger partial charge on any atom is -0.300 e. The molecule has 2 heterocycles. The van der Waals surface area contributed by atoms with Crippen LogP contribution in [0.3, 0.4) is 0 Å². The SMILES string of the molecule is BCCC1CN2CCC12. The molecule has 0 aliphatic carbocycles. The molecule has 9 heavy (non-hydrogen) atoms. The molecule has 2 aliphatic heterocycles. The van der Waals surface area contributed by atoms with Crippen molar-refractivity contribution in [2.45, 2.75) is 25.2 Å². The highest BCUT2D eigenvalue weighted by molar-refractivity contribution is 6.08. The van der Waals surface area contributed by atoms with Gasteiger partial charge < -0.3 is 0 Å². The summed E-state index contributed by atoms with van der Waals surface area (Å²) in [5.41, 5.74) is 0. The predicted molar refractivity (Wildman–Crippen MR) is 41.4 cm³/mol. The Labute approximate surface area is 57.8 Å². The van der Waals surface area contributed by atoms with Crippen LogP contribution in [-0.2, 0) is 0 Å². The first-order chi connectivity index (χ1) is 4.42. The van der Waals surface area contributed by atoms with Crippen LogP contribution in [0.15, 0.2) is 0 Å². The van der Waals surface area contributed by atoms with Gasteiger partial charge >= 0.3 is 0 Å². The average molecular weight is 123 g/mol. The summed E-state index contributed by atoms with van der Waals surface area (Å²) in [6, 6.07) is 1.03. The lowest BCUT2D eigenvalue weighted by Crippen LogP contribution is -2.64. The van der Waals surface area contributed by atoms with E-state index in [1.54, 1.807) is 0 Å². The van der Waals surface area contributed by atoms with Crippen LogP contribution in [0.5, 0.6) is 0 Å². The quantitative estimate of drug-likeness (QED) is 0.472. The van der Waals surface area contributed by atoms with Crippen LogP contribution in [-0.4, -0.2) is 31.9 Å². The van der Waals surface area contributed by atoms with Crippen molar-refractivity contribution >= 4 is 7.85 Å². The van der Waals surface area contributed by atoms with Gasteiger partial charge in [-0.25, -0.2) is 0 Å². The van der Waals surface area contributed by atoms with Crippen molar-refractivity contribution in [1.82, 2.24) is 4.90 Å². The molecule has 0 aromatic rings. The molecule has 2 atom stereocenters. The zero-order valence-electron chi connectivity index (χ0n) is 6.14. The fourth-order valence-corrected chi connectivity index (χ4v) is 2.16. The first-order valence-corrected chi connectivity index (χ1v) is 4.16. The van der Waals surface area contributed by atoms with Gasteiger partial charge in [0.25, 0.3) is 0 Å².